The predicted molar refractivity (Wildman–Crippen MR) is 101 cm³/mol. The quantitative estimate of drug-likeness (QED) is 0.909. The van der Waals surface area contributed by atoms with Gasteiger partial charge in [-0.15, -0.1) is 0 Å². The molecule has 1 saturated carbocycles. The van der Waals surface area contributed by atoms with E-state index < -0.39 is 0 Å². The average molecular weight is 345 g/mol. The van der Waals surface area contributed by atoms with E-state index in [-0.39, 0.29) is 0 Å². The lowest BCUT2D eigenvalue weighted by Gasteiger charge is -2.37. The first-order valence-electron chi connectivity index (χ1n) is 10.1. The average Bonchev–Trinajstić information content (AvgIpc) is 3.09. The molecule has 2 fully saturated rings. The Hall–Kier alpha value is -1.33. The summed E-state index contributed by atoms with van der Waals surface area (Å²) in [6.45, 7) is 8.58. The largest absolute Gasteiger partial charge is 0.493 e. The first kappa shape index (κ1) is 17.1. The predicted octanol–water partition coefficient (Wildman–Crippen LogP) is 2.35. The third kappa shape index (κ3) is 3.93. The van der Waals surface area contributed by atoms with Gasteiger partial charge in [-0.25, -0.2) is 4.98 Å². The molecule has 1 aromatic rings. The smallest absolute Gasteiger partial charge is 0.135 e. The SMILES string of the molecule is Cc1cc2c(c(N3CCN(CC[C@H]4CC[C@H](N)CC4)CC3)n1)CCO2. The minimum atomic E-state index is 0.465. The van der Waals surface area contributed by atoms with Crippen molar-refractivity contribution in [3.8, 4) is 5.75 Å². The molecule has 0 spiro atoms. The molecule has 0 unspecified atom stereocenters. The van der Waals surface area contributed by atoms with Crippen LogP contribution in [-0.4, -0.2) is 55.3 Å². The first-order chi connectivity index (χ1) is 12.2. The van der Waals surface area contributed by atoms with E-state index in [0.29, 0.717) is 6.04 Å². The van der Waals surface area contributed by atoms with Crippen molar-refractivity contribution < 1.29 is 4.74 Å². The zero-order valence-electron chi connectivity index (χ0n) is 15.5. The number of anilines is 1. The zero-order chi connectivity index (χ0) is 17.2. The minimum Gasteiger partial charge on any atom is -0.493 e. The lowest BCUT2D eigenvalue weighted by molar-refractivity contribution is 0.216. The van der Waals surface area contributed by atoms with Crippen LogP contribution < -0.4 is 15.4 Å². The molecule has 0 radical (unpaired) electrons. The Morgan fingerprint density at radius 1 is 1.16 bits per heavy atom. The molecule has 2 N–H and O–H groups in total. The zero-order valence-corrected chi connectivity index (χ0v) is 15.5. The Kier molecular flexibility index (Phi) is 5.13. The highest BCUT2D eigenvalue weighted by Crippen LogP contribution is 2.34. The Morgan fingerprint density at radius 2 is 1.92 bits per heavy atom. The van der Waals surface area contributed by atoms with Gasteiger partial charge in [0.05, 0.1) is 6.61 Å². The molecule has 5 heteroatoms. The minimum absolute atomic E-state index is 0.465. The van der Waals surface area contributed by atoms with Crippen LogP contribution in [-0.2, 0) is 6.42 Å². The number of rotatable bonds is 4. The molecular weight excluding hydrogens is 312 g/mol. The van der Waals surface area contributed by atoms with Gasteiger partial charge in [0.15, 0.2) is 0 Å². The van der Waals surface area contributed by atoms with Crippen molar-refractivity contribution in [1.29, 1.82) is 0 Å². The van der Waals surface area contributed by atoms with Gasteiger partial charge in [0, 0.05) is 56.0 Å². The van der Waals surface area contributed by atoms with Crippen molar-refractivity contribution in [1.82, 2.24) is 9.88 Å². The van der Waals surface area contributed by atoms with Crippen molar-refractivity contribution in [3.63, 3.8) is 0 Å². The molecule has 138 valence electrons. The lowest BCUT2D eigenvalue weighted by atomic mass is 9.84. The summed E-state index contributed by atoms with van der Waals surface area (Å²) >= 11 is 0. The molecular formula is C20H32N4O. The molecule has 1 aromatic heterocycles. The summed E-state index contributed by atoms with van der Waals surface area (Å²) in [7, 11) is 0. The third-order valence-corrected chi connectivity index (χ3v) is 6.22. The number of pyridine rings is 1. The normalized spacial score (nSPS) is 27.2. The van der Waals surface area contributed by atoms with Crippen LogP contribution in [0.5, 0.6) is 5.75 Å². The van der Waals surface area contributed by atoms with Gasteiger partial charge in [-0.3, -0.25) is 4.90 Å². The topological polar surface area (TPSA) is 54.6 Å². The Labute approximate surface area is 151 Å². The molecule has 0 amide bonds. The maximum atomic E-state index is 6.02. The summed E-state index contributed by atoms with van der Waals surface area (Å²) < 4.78 is 5.76. The maximum absolute atomic E-state index is 6.02. The van der Waals surface area contributed by atoms with E-state index in [1.54, 1.807) is 0 Å². The molecule has 0 aromatic carbocycles. The van der Waals surface area contributed by atoms with Gasteiger partial charge in [0.25, 0.3) is 0 Å². The van der Waals surface area contributed by atoms with Crippen LogP contribution in [0.1, 0.15) is 43.4 Å². The number of hydrogen-bond acceptors (Lipinski definition) is 5. The molecule has 0 bridgehead atoms. The van der Waals surface area contributed by atoms with Gasteiger partial charge in [-0.05, 0) is 51.5 Å². The molecule has 3 heterocycles. The number of hydrogen-bond donors (Lipinski definition) is 1. The second-order valence-corrected chi connectivity index (χ2v) is 8.06. The van der Waals surface area contributed by atoms with Gasteiger partial charge in [0.2, 0.25) is 0 Å². The highest BCUT2D eigenvalue weighted by molar-refractivity contribution is 5.56. The van der Waals surface area contributed by atoms with E-state index in [1.807, 2.05) is 0 Å². The molecule has 4 rings (SSSR count). The number of aromatic nitrogens is 1. The van der Waals surface area contributed by atoms with E-state index in [2.05, 4.69) is 22.8 Å². The molecule has 25 heavy (non-hydrogen) atoms. The summed E-state index contributed by atoms with van der Waals surface area (Å²) in [6, 6.07) is 2.55. The van der Waals surface area contributed by atoms with Crippen molar-refractivity contribution >= 4 is 5.82 Å². The molecule has 3 aliphatic rings. The summed E-state index contributed by atoms with van der Waals surface area (Å²) in [4.78, 5) is 9.94. The summed E-state index contributed by atoms with van der Waals surface area (Å²) in [5, 5.41) is 0. The van der Waals surface area contributed by atoms with E-state index in [9.17, 15) is 0 Å². The van der Waals surface area contributed by atoms with Crippen LogP contribution >= 0.6 is 0 Å². The van der Waals surface area contributed by atoms with Crippen molar-refractivity contribution in [2.45, 2.75) is 51.5 Å². The molecule has 2 aliphatic heterocycles. The molecule has 1 saturated heterocycles. The fourth-order valence-corrected chi connectivity index (χ4v) is 4.57. The standard InChI is InChI=1S/C20H32N4O/c1-15-14-19-18(7-13-25-19)20(22-15)24-11-9-23(10-12-24)8-6-16-2-4-17(21)5-3-16/h14,16-17H,2-13,21H2,1H3/t16-,17-. The fraction of sp³-hybridized carbons (Fsp3) is 0.750. The number of aryl methyl sites for hydroxylation is 1. The van der Waals surface area contributed by atoms with Crippen LogP contribution in [0, 0.1) is 12.8 Å². The van der Waals surface area contributed by atoms with Gasteiger partial charge in [-0.2, -0.15) is 0 Å². The second-order valence-electron chi connectivity index (χ2n) is 8.06. The van der Waals surface area contributed by atoms with Crippen LogP contribution in [0.25, 0.3) is 0 Å². The fourth-order valence-electron chi connectivity index (χ4n) is 4.57. The van der Waals surface area contributed by atoms with E-state index >= 15 is 0 Å². The van der Waals surface area contributed by atoms with Gasteiger partial charge in [0.1, 0.15) is 11.6 Å². The van der Waals surface area contributed by atoms with Gasteiger partial charge < -0.3 is 15.4 Å². The number of fused-ring (bicyclic) bond motifs is 1. The van der Waals surface area contributed by atoms with Crippen molar-refractivity contribution in [2.75, 3.05) is 44.2 Å². The summed E-state index contributed by atoms with van der Waals surface area (Å²) in [5.41, 5.74) is 8.41. The van der Waals surface area contributed by atoms with Crippen LogP contribution in [0.2, 0.25) is 0 Å². The van der Waals surface area contributed by atoms with E-state index in [4.69, 9.17) is 15.5 Å². The highest BCUT2D eigenvalue weighted by atomic mass is 16.5. The Balaban J connectivity index is 1.29. The van der Waals surface area contributed by atoms with Gasteiger partial charge >= 0.3 is 0 Å². The number of ether oxygens (including phenoxy) is 1. The third-order valence-electron chi connectivity index (χ3n) is 6.22. The van der Waals surface area contributed by atoms with Crippen molar-refractivity contribution in [3.05, 3.63) is 17.3 Å². The van der Waals surface area contributed by atoms with E-state index in [0.717, 1.165) is 56.6 Å². The van der Waals surface area contributed by atoms with Gasteiger partial charge in [-0.1, -0.05) is 0 Å². The lowest BCUT2D eigenvalue weighted by Crippen LogP contribution is -2.47. The molecule has 1 aliphatic carbocycles. The number of nitrogens with two attached hydrogens (primary N) is 1. The van der Waals surface area contributed by atoms with Crippen molar-refractivity contribution in [2.24, 2.45) is 11.7 Å². The monoisotopic (exact) mass is 344 g/mol. The Bertz CT molecular complexity index is 590. The van der Waals surface area contributed by atoms with Crippen LogP contribution in [0.15, 0.2) is 6.07 Å². The second kappa shape index (κ2) is 7.50. The Morgan fingerprint density at radius 3 is 2.68 bits per heavy atom. The number of nitrogens with zero attached hydrogens (tertiary/aromatic N) is 3. The summed E-state index contributed by atoms with van der Waals surface area (Å²) in [6.07, 6.45) is 7.47. The highest BCUT2D eigenvalue weighted by Gasteiger charge is 2.26. The molecule has 0 atom stereocenters. The summed E-state index contributed by atoms with van der Waals surface area (Å²) in [5.74, 6) is 3.13. The van der Waals surface area contributed by atoms with Crippen LogP contribution in [0.4, 0.5) is 5.82 Å². The van der Waals surface area contributed by atoms with E-state index in [1.165, 1.54) is 50.0 Å². The molecule has 5 nitrogen and oxygen atoms in total. The van der Waals surface area contributed by atoms with Crippen LogP contribution in [0.3, 0.4) is 0 Å². The maximum Gasteiger partial charge on any atom is 0.135 e. The number of piperazine rings is 1. The first-order valence-corrected chi connectivity index (χ1v) is 10.1.